The summed E-state index contributed by atoms with van der Waals surface area (Å²) in [6.45, 7) is 0. The molecule has 0 aromatic heterocycles. The topological polar surface area (TPSA) is 71.4 Å². The minimum absolute atomic E-state index is 0.0142. The summed E-state index contributed by atoms with van der Waals surface area (Å²) in [6, 6.07) is 4.63. The van der Waals surface area contributed by atoms with Gasteiger partial charge in [-0.15, -0.1) is 11.8 Å². The zero-order chi connectivity index (χ0) is 14.7. The predicted molar refractivity (Wildman–Crippen MR) is 62.7 cm³/mol. The highest BCUT2D eigenvalue weighted by Crippen LogP contribution is 2.35. The lowest BCUT2D eigenvalue weighted by Gasteiger charge is -2.11. The minimum atomic E-state index is -5.43. The lowest BCUT2D eigenvalue weighted by Crippen LogP contribution is -2.23. The van der Waals surface area contributed by atoms with Gasteiger partial charge in [0.05, 0.1) is 11.3 Å². The van der Waals surface area contributed by atoms with E-state index in [0.29, 0.717) is 0 Å². The second kappa shape index (κ2) is 5.83. The van der Waals surface area contributed by atoms with E-state index in [4.69, 9.17) is 5.11 Å². The van der Waals surface area contributed by atoms with Crippen LogP contribution in [-0.2, 0) is 14.6 Å². The third-order valence-electron chi connectivity index (χ3n) is 2.02. The zero-order valence-electron chi connectivity index (χ0n) is 9.35. The molecule has 4 nitrogen and oxygen atoms in total. The number of carboxylic acid groups (broad SMARTS) is 1. The molecule has 0 heterocycles. The van der Waals surface area contributed by atoms with Crippen molar-refractivity contribution in [1.82, 2.24) is 0 Å². The van der Waals surface area contributed by atoms with Crippen LogP contribution in [0.4, 0.5) is 13.2 Å². The summed E-state index contributed by atoms with van der Waals surface area (Å²) >= 11 is 0.758. The van der Waals surface area contributed by atoms with Gasteiger partial charge in [-0.25, -0.2) is 8.42 Å². The number of hydrogen-bond donors (Lipinski definition) is 1. The van der Waals surface area contributed by atoms with E-state index >= 15 is 0 Å². The van der Waals surface area contributed by atoms with Crippen LogP contribution in [0.2, 0.25) is 0 Å². The predicted octanol–water partition coefficient (Wildman–Crippen LogP) is 2.55. The smallest absolute Gasteiger partial charge is 0.481 e. The first-order valence-corrected chi connectivity index (χ1v) is 7.38. The zero-order valence-corrected chi connectivity index (χ0v) is 11.0. The van der Waals surface area contributed by atoms with Crippen LogP contribution in [0.15, 0.2) is 34.1 Å². The number of hydrogen-bond acceptors (Lipinski definition) is 4. The number of carboxylic acids is 1. The molecule has 1 rings (SSSR count). The van der Waals surface area contributed by atoms with Gasteiger partial charge in [-0.1, -0.05) is 12.1 Å². The van der Waals surface area contributed by atoms with Crippen LogP contribution >= 0.6 is 11.8 Å². The summed E-state index contributed by atoms with van der Waals surface area (Å²) < 4.78 is 60.0. The van der Waals surface area contributed by atoms with Gasteiger partial charge in [0.25, 0.3) is 9.84 Å². The van der Waals surface area contributed by atoms with Gasteiger partial charge in [0.15, 0.2) is 0 Å². The Kier molecular flexibility index (Phi) is 4.86. The number of rotatable bonds is 5. The number of benzene rings is 1. The molecule has 0 bridgehead atoms. The van der Waals surface area contributed by atoms with Gasteiger partial charge in [0, 0.05) is 10.6 Å². The van der Waals surface area contributed by atoms with Crippen LogP contribution in [0.5, 0.6) is 0 Å². The standard InChI is InChI=1S/C10H9F3O4S2/c11-10(12,13)19(16,17)8-4-2-1-3-7(8)18-6-5-9(14)15/h1-4H,5-6H2,(H,14,15). The molecular formula is C10H9F3O4S2. The molecule has 0 fully saturated rings. The molecule has 0 atom stereocenters. The molecule has 19 heavy (non-hydrogen) atoms. The van der Waals surface area contributed by atoms with Gasteiger partial charge in [0.2, 0.25) is 0 Å². The van der Waals surface area contributed by atoms with Gasteiger partial charge >= 0.3 is 11.5 Å². The van der Waals surface area contributed by atoms with Crippen molar-refractivity contribution in [3.63, 3.8) is 0 Å². The van der Waals surface area contributed by atoms with Crippen molar-refractivity contribution >= 4 is 27.6 Å². The summed E-state index contributed by atoms with van der Waals surface area (Å²) in [5.74, 6) is -1.12. The van der Waals surface area contributed by atoms with Crippen LogP contribution in [0.1, 0.15) is 6.42 Å². The molecule has 0 spiro atoms. The molecule has 0 aliphatic rings. The van der Waals surface area contributed by atoms with E-state index in [9.17, 15) is 26.4 Å². The normalized spacial score (nSPS) is 12.4. The number of sulfone groups is 1. The minimum Gasteiger partial charge on any atom is -0.481 e. The van der Waals surface area contributed by atoms with Gasteiger partial charge in [0.1, 0.15) is 0 Å². The van der Waals surface area contributed by atoms with Crippen LogP contribution < -0.4 is 0 Å². The van der Waals surface area contributed by atoms with Gasteiger partial charge in [-0.3, -0.25) is 4.79 Å². The largest absolute Gasteiger partial charge is 0.501 e. The molecule has 0 saturated heterocycles. The fourth-order valence-electron chi connectivity index (χ4n) is 1.16. The summed E-state index contributed by atoms with van der Waals surface area (Å²) in [4.78, 5) is 9.36. The Morgan fingerprint density at radius 1 is 1.26 bits per heavy atom. The number of halogens is 3. The maximum Gasteiger partial charge on any atom is 0.501 e. The Bertz CT molecular complexity index is 566. The van der Waals surface area contributed by atoms with Gasteiger partial charge in [-0.2, -0.15) is 13.2 Å². The maximum absolute atomic E-state index is 12.5. The average molecular weight is 314 g/mol. The monoisotopic (exact) mass is 314 g/mol. The van der Waals surface area contributed by atoms with E-state index in [1.807, 2.05) is 0 Å². The molecule has 0 radical (unpaired) electrons. The van der Waals surface area contributed by atoms with Crippen molar-refractivity contribution in [1.29, 1.82) is 0 Å². The quantitative estimate of drug-likeness (QED) is 0.846. The third kappa shape index (κ3) is 3.87. The molecule has 0 aliphatic carbocycles. The lowest BCUT2D eigenvalue weighted by molar-refractivity contribution is -0.136. The summed E-state index contributed by atoms with van der Waals surface area (Å²) in [5, 5.41) is 8.44. The Hall–Kier alpha value is -1.22. The molecule has 1 aromatic rings. The van der Waals surface area contributed by atoms with E-state index in [2.05, 4.69) is 0 Å². The highest BCUT2D eigenvalue weighted by Gasteiger charge is 2.47. The van der Waals surface area contributed by atoms with Crippen molar-refractivity contribution in [2.75, 3.05) is 5.75 Å². The molecule has 0 saturated carbocycles. The number of carbonyl (C=O) groups is 1. The van der Waals surface area contributed by atoms with Crippen LogP contribution in [0.3, 0.4) is 0 Å². The second-order valence-corrected chi connectivity index (χ2v) is 6.43. The van der Waals surface area contributed by atoms with Gasteiger partial charge in [-0.05, 0) is 12.1 Å². The summed E-state index contributed by atoms with van der Waals surface area (Å²) in [5.41, 5.74) is -5.38. The van der Waals surface area contributed by atoms with Crippen LogP contribution in [-0.4, -0.2) is 30.8 Å². The fourth-order valence-corrected chi connectivity index (χ4v) is 3.39. The Labute approximate surface area is 111 Å². The van der Waals surface area contributed by atoms with E-state index in [-0.39, 0.29) is 17.1 Å². The Morgan fingerprint density at radius 3 is 2.37 bits per heavy atom. The third-order valence-corrected chi connectivity index (χ3v) is 4.77. The molecule has 9 heteroatoms. The summed E-state index contributed by atoms with van der Waals surface area (Å²) in [6.07, 6.45) is -0.273. The molecular weight excluding hydrogens is 305 g/mol. The highest BCUT2D eigenvalue weighted by molar-refractivity contribution is 8.00. The Balaban J connectivity index is 3.07. The molecule has 1 aromatic carbocycles. The van der Waals surface area contributed by atoms with Crippen molar-refractivity contribution in [2.45, 2.75) is 21.7 Å². The van der Waals surface area contributed by atoms with Crippen molar-refractivity contribution < 1.29 is 31.5 Å². The van der Waals surface area contributed by atoms with Crippen LogP contribution in [0.25, 0.3) is 0 Å². The summed E-state index contributed by atoms with van der Waals surface area (Å²) in [7, 11) is -5.43. The van der Waals surface area contributed by atoms with E-state index in [1.165, 1.54) is 18.2 Å². The van der Waals surface area contributed by atoms with Gasteiger partial charge < -0.3 is 5.11 Å². The molecule has 106 valence electrons. The first kappa shape index (κ1) is 15.8. The van der Waals surface area contributed by atoms with E-state index in [0.717, 1.165) is 17.8 Å². The van der Waals surface area contributed by atoms with E-state index < -0.39 is 26.2 Å². The highest BCUT2D eigenvalue weighted by atomic mass is 32.2. The number of aliphatic carboxylic acids is 1. The molecule has 0 amide bonds. The van der Waals surface area contributed by atoms with Crippen LogP contribution in [0, 0.1) is 0 Å². The first-order chi connectivity index (χ1) is 8.66. The molecule has 0 aliphatic heterocycles. The first-order valence-electron chi connectivity index (χ1n) is 4.91. The number of alkyl halides is 3. The van der Waals surface area contributed by atoms with E-state index in [1.54, 1.807) is 0 Å². The molecule has 1 N–H and O–H groups in total. The van der Waals surface area contributed by atoms with Crippen molar-refractivity contribution in [3.8, 4) is 0 Å². The fraction of sp³-hybridized carbons (Fsp3) is 0.300. The number of thioether (sulfide) groups is 1. The SMILES string of the molecule is O=C(O)CCSc1ccccc1S(=O)(=O)C(F)(F)F. The second-order valence-electron chi connectivity index (χ2n) is 3.39. The average Bonchev–Trinajstić information content (AvgIpc) is 2.27. The lowest BCUT2D eigenvalue weighted by atomic mass is 10.4. The Morgan fingerprint density at radius 2 is 1.84 bits per heavy atom. The van der Waals surface area contributed by atoms with Crippen molar-refractivity contribution in [2.24, 2.45) is 0 Å². The maximum atomic E-state index is 12.5. The van der Waals surface area contributed by atoms with Crippen molar-refractivity contribution in [3.05, 3.63) is 24.3 Å². The molecule has 0 unspecified atom stereocenters.